The summed E-state index contributed by atoms with van der Waals surface area (Å²) in [6, 6.07) is 7.71. The standard InChI is InChI=1S/C15H14N2O2S2/c1-2-19-12-5-6-16-11-4-3-9(7-10(11)12)8-13-14(18)17-15(20)21-13/h3-8,15,20H,2H2,1H3,(H,17,18)/b13-8-. The van der Waals surface area contributed by atoms with Crippen LogP contribution in [-0.4, -0.2) is 22.2 Å². The monoisotopic (exact) mass is 318 g/mol. The van der Waals surface area contributed by atoms with Gasteiger partial charge in [0, 0.05) is 11.6 Å². The van der Waals surface area contributed by atoms with E-state index in [4.69, 9.17) is 4.74 Å². The summed E-state index contributed by atoms with van der Waals surface area (Å²) in [5.74, 6) is 0.717. The molecule has 0 bridgehead atoms. The van der Waals surface area contributed by atoms with Crippen LogP contribution in [0.2, 0.25) is 0 Å². The fraction of sp³-hybridized carbons (Fsp3) is 0.200. The van der Waals surface area contributed by atoms with Crippen molar-refractivity contribution >= 4 is 47.3 Å². The summed E-state index contributed by atoms with van der Waals surface area (Å²) in [5, 5.41) is 3.68. The molecule has 4 nitrogen and oxygen atoms in total. The quantitative estimate of drug-likeness (QED) is 0.674. The average Bonchev–Trinajstić information content (AvgIpc) is 2.78. The number of carbonyl (C=O) groups is 1. The van der Waals surface area contributed by atoms with Crippen molar-refractivity contribution in [2.45, 2.75) is 11.6 Å². The molecule has 1 unspecified atom stereocenters. The first-order valence-electron chi connectivity index (χ1n) is 6.56. The van der Waals surface area contributed by atoms with E-state index < -0.39 is 0 Å². The second-order valence-electron chi connectivity index (χ2n) is 4.47. The normalized spacial score (nSPS) is 20.0. The Balaban J connectivity index is 2.02. The molecule has 3 rings (SSSR count). The van der Waals surface area contributed by atoms with Gasteiger partial charge in [0.2, 0.25) is 0 Å². The summed E-state index contributed by atoms with van der Waals surface area (Å²) in [6.45, 7) is 2.55. The van der Waals surface area contributed by atoms with E-state index in [0.717, 1.165) is 22.2 Å². The van der Waals surface area contributed by atoms with Gasteiger partial charge in [-0.3, -0.25) is 9.78 Å². The molecule has 1 atom stereocenters. The Bertz CT molecular complexity index is 731. The van der Waals surface area contributed by atoms with E-state index in [1.165, 1.54) is 11.8 Å². The Labute approximate surface area is 132 Å². The molecule has 2 aromatic rings. The maximum Gasteiger partial charge on any atom is 0.259 e. The molecular weight excluding hydrogens is 304 g/mol. The summed E-state index contributed by atoms with van der Waals surface area (Å²) in [6.07, 6.45) is 3.59. The highest BCUT2D eigenvalue weighted by Gasteiger charge is 2.24. The number of thioether (sulfide) groups is 1. The van der Waals surface area contributed by atoms with Crippen LogP contribution in [0.5, 0.6) is 5.75 Å². The number of ether oxygens (including phenoxy) is 1. The minimum atomic E-state index is -0.176. The minimum absolute atomic E-state index is 0.0867. The predicted octanol–water partition coefficient (Wildman–Crippen LogP) is 3.05. The highest BCUT2D eigenvalue weighted by Crippen LogP contribution is 2.32. The van der Waals surface area contributed by atoms with Gasteiger partial charge in [-0.1, -0.05) is 17.8 Å². The van der Waals surface area contributed by atoms with Crippen LogP contribution >= 0.6 is 24.4 Å². The summed E-state index contributed by atoms with van der Waals surface area (Å²) in [4.78, 5) is 16.7. The summed E-state index contributed by atoms with van der Waals surface area (Å²) in [7, 11) is 0. The molecule has 1 aliphatic heterocycles. The van der Waals surface area contributed by atoms with Crippen molar-refractivity contribution in [3.63, 3.8) is 0 Å². The zero-order chi connectivity index (χ0) is 14.8. The number of fused-ring (bicyclic) bond motifs is 1. The third-order valence-electron chi connectivity index (χ3n) is 3.04. The fourth-order valence-corrected chi connectivity index (χ4v) is 3.38. The van der Waals surface area contributed by atoms with Gasteiger partial charge in [0.25, 0.3) is 5.91 Å². The van der Waals surface area contributed by atoms with E-state index in [-0.39, 0.29) is 10.6 Å². The lowest BCUT2D eigenvalue weighted by Crippen LogP contribution is -2.19. The van der Waals surface area contributed by atoms with Crippen molar-refractivity contribution in [2.24, 2.45) is 0 Å². The molecule has 0 aliphatic carbocycles. The number of benzene rings is 1. The van der Waals surface area contributed by atoms with Gasteiger partial charge < -0.3 is 10.1 Å². The van der Waals surface area contributed by atoms with Gasteiger partial charge in [0.05, 0.1) is 17.0 Å². The first-order chi connectivity index (χ1) is 10.2. The van der Waals surface area contributed by atoms with Crippen molar-refractivity contribution < 1.29 is 9.53 Å². The first-order valence-corrected chi connectivity index (χ1v) is 7.96. The summed E-state index contributed by atoms with van der Waals surface area (Å²) < 4.78 is 5.45. The Hall–Kier alpha value is -1.66. The van der Waals surface area contributed by atoms with Crippen LogP contribution < -0.4 is 10.1 Å². The van der Waals surface area contributed by atoms with Crippen LogP contribution in [0.3, 0.4) is 0 Å². The largest absolute Gasteiger partial charge is 0.493 e. The molecule has 1 saturated heterocycles. The second kappa shape index (κ2) is 5.99. The van der Waals surface area contributed by atoms with Crippen LogP contribution in [0.15, 0.2) is 35.4 Å². The molecule has 0 spiro atoms. The van der Waals surface area contributed by atoms with Crippen molar-refractivity contribution in [1.82, 2.24) is 10.3 Å². The lowest BCUT2D eigenvalue weighted by atomic mass is 10.1. The predicted molar refractivity (Wildman–Crippen MR) is 89.4 cm³/mol. The van der Waals surface area contributed by atoms with Crippen LogP contribution in [-0.2, 0) is 4.79 Å². The topological polar surface area (TPSA) is 51.2 Å². The van der Waals surface area contributed by atoms with E-state index >= 15 is 0 Å². The Morgan fingerprint density at radius 1 is 1.48 bits per heavy atom. The molecule has 108 valence electrons. The van der Waals surface area contributed by atoms with Crippen LogP contribution in [0.1, 0.15) is 12.5 Å². The third kappa shape index (κ3) is 3.01. The van der Waals surface area contributed by atoms with E-state index in [1.54, 1.807) is 6.20 Å². The lowest BCUT2D eigenvalue weighted by Gasteiger charge is -2.07. The summed E-state index contributed by atoms with van der Waals surface area (Å²) >= 11 is 5.65. The van der Waals surface area contributed by atoms with Gasteiger partial charge >= 0.3 is 0 Å². The maximum absolute atomic E-state index is 11.7. The molecule has 0 saturated carbocycles. The van der Waals surface area contributed by atoms with E-state index in [1.807, 2.05) is 37.3 Å². The van der Waals surface area contributed by atoms with E-state index in [9.17, 15) is 4.79 Å². The van der Waals surface area contributed by atoms with Crippen molar-refractivity contribution in [2.75, 3.05) is 6.61 Å². The number of thiol groups is 1. The fourth-order valence-electron chi connectivity index (χ4n) is 2.15. The van der Waals surface area contributed by atoms with Gasteiger partial charge in [0.1, 0.15) is 10.5 Å². The minimum Gasteiger partial charge on any atom is -0.493 e. The molecular formula is C15H14N2O2S2. The number of amides is 1. The Morgan fingerprint density at radius 2 is 2.33 bits per heavy atom. The van der Waals surface area contributed by atoms with E-state index in [0.29, 0.717) is 11.5 Å². The zero-order valence-electron chi connectivity index (χ0n) is 11.4. The van der Waals surface area contributed by atoms with Crippen molar-refractivity contribution in [1.29, 1.82) is 0 Å². The van der Waals surface area contributed by atoms with Crippen LogP contribution in [0.4, 0.5) is 0 Å². The lowest BCUT2D eigenvalue weighted by molar-refractivity contribution is -0.116. The maximum atomic E-state index is 11.7. The SMILES string of the molecule is CCOc1ccnc2ccc(/C=C3\SC(S)NC3=O)cc12. The van der Waals surface area contributed by atoms with Gasteiger partial charge in [-0.25, -0.2) is 0 Å². The highest BCUT2D eigenvalue weighted by atomic mass is 32.2. The molecule has 1 N–H and O–H groups in total. The average molecular weight is 318 g/mol. The molecule has 0 radical (unpaired) electrons. The van der Waals surface area contributed by atoms with Crippen LogP contribution in [0, 0.1) is 0 Å². The number of hydrogen-bond acceptors (Lipinski definition) is 5. The van der Waals surface area contributed by atoms with Gasteiger partial charge in [-0.15, -0.1) is 12.6 Å². The smallest absolute Gasteiger partial charge is 0.259 e. The van der Waals surface area contributed by atoms with Gasteiger partial charge in [-0.2, -0.15) is 0 Å². The number of nitrogens with zero attached hydrogens (tertiary/aromatic N) is 1. The van der Waals surface area contributed by atoms with Crippen LogP contribution in [0.25, 0.3) is 17.0 Å². The van der Waals surface area contributed by atoms with Crippen molar-refractivity contribution in [3.05, 3.63) is 40.9 Å². The Morgan fingerprint density at radius 3 is 3.05 bits per heavy atom. The molecule has 1 fully saturated rings. The molecule has 1 amide bonds. The number of hydrogen-bond donors (Lipinski definition) is 2. The van der Waals surface area contributed by atoms with Gasteiger partial charge in [-0.05, 0) is 36.8 Å². The number of aromatic nitrogens is 1. The number of rotatable bonds is 3. The molecule has 1 aromatic carbocycles. The highest BCUT2D eigenvalue weighted by molar-refractivity contribution is 8.14. The molecule has 2 heterocycles. The number of pyridine rings is 1. The Kier molecular flexibility index (Phi) is 4.07. The first kappa shape index (κ1) is 14.3. The number of nitrogens with one attached hydrogen (secondary N) is 1. The molecule has 21 heavy (non-hydrogen) atoms. The van der Waals surface area contributed by atoms with Crippen molar-refractivity contribution in [3.8, 4) is 5.75 Å². The zero-order valence-corrected chi connectivity index (χ0v) is 13.1. The number of carbonyl (C=O) groups excluding carboxylic acids is 1. The third-order valence-corrected chi connectivity index (χ3v) is 4.38. The van der Waals surface area contributed by atoms with Gasteiger partial charge in [0.15, 0.2) is 0 Å². The second-order valence-corrected chi connectivity index (χ2v) is 6.48. The molecule has 1 aliphatic rings. The molecule has 6 heteroatoms. The molecule has 1 aromatic heterocycles. The van der Waals surface area contributed by atoms with E-state index in [2.05, 4.69) is 22.9 Å². The summed E-state index contributed by atoms with van der Waals surface area (Å²) in [5.41, 5.74) is 1.82.